The third-order valence-electron chi connectivity index (χ3n) is 7.15. The lowest BCUT2D eigenvalue weighted by atomic mass is 10.0. The molecule has 9 heteroatoms. The molecule has 0 aliphatic carbocycles. The second-order valence-corrected chi connectivity index (χ2v) is 11.8. The SMILES string of the molecule is CC(=O)Oc1ccc(N2C(=O)CC(N(Cc3ccc(C)cc3)S(=O)(=O)c3c(C)c(C)cc(C)c3C)C2=O)cc1. The zero-order valence-corrected chi connectivity index (χ0v) is 23.8. The van der Waals surface area contributed by atoms with E-state index in [1.807, 2.05) is 51.1 Å². The number of nitrogens with zero attached hydrogens (tertiary/aromatic N) is 2. The molecular formula is C30H32N2O6S. The highest BCUT2D eigenvalue weighted by Gasteiger charge is 2.47. The van der Waals surface area contributed by atoms with Crippen molar-refractivity contribution >= 4 is 33.5 Å². The van der Waals surface area contributed by atoms with Crippen molar-refractivity contribution in [3.05, 3.63) is 88.0 Å². The predicted octanol–water partition coefficient (Wildman–Crippen LogP) is 4.68. The molecule has 0 spiro atoms. The van der Waals surface area contributed by atoms with Crippen LogP contribution in [-0.2, 0) is 31.0 Å². The van der Waals surface area contributed by atoms with Crippen LogP contribution in [0.15, 0.2) is 59.5 Å². The number of carbonyl (C=O) groups excluding carboxylic acids is 3. The Morgan fingerprint density at radius 1 is 0.923 bits per heavy atom. The van der Waals surface area contributed by atoms with Crippen LogP contribution in [0.5, 0.6) is 5.75 Å². The van der Waals surface area contributed by atoms with Crippen LogP contribution in [-0.4, -0.2) is 36.5 Å². The lowest BCUT2D eigenvalue weighted by Crippen LogP contribution is -2.45. The Labute approximate surface area is 229 Å². The van der Waals surface area contributed by atoms with Gasteiger partial charge in [-0.3, -0.25) is 14.4 Å². The molecule has 1 heterocycles. The summed E-state index contributed by atoms with van der Waals surface area (Å²) in [6.45, 7) is 10.4. The van der Waals surface area contributed by atoms with Gasteiger partial charge in [0.2, 0.25) is 15.9 Å². The molecule has 1 fully saturated rings. The normalized spacial score (nSPS) is 15.8. The van der Waals surface area contributed by atoms with Gasteiger partial charge in [0.1, 0.15) is 11.8 Å². The summed E-state index contributed by atoms with van der Waals surface area (Å²) >= 11 is 0. The number of carbonyl (C=O) groups is 3. The third kappa shape index (κ3) is 5.51. The summed E-state index contributed by atoms with van der Waals surface area (Å²) in [6, 6.07) is 14.1. The lowest BCUT2D eigenvalue weighted by Gasteiger charge is -2.29. The van der Waals surface area contributed by atoms with Crippen LogP contribution in [0.25, 0.3) is 0 Å². The summed E-state index contributed by atoms with van der Waals surface area (Å²) in [6.07, 6.45) is -0.293. The van der Waals surface area contributed by atoms with Crippen LogP contribution in [0.2, 0.25) is 0 Å². The average molecular weight is 549 g/mol. The Hall–Kier alpha value is -3.82. The Kier molecular flexibility index (Phi) is 7.77. The van der Waals surface area contributed by atoms with Gasteiger partial charge in [-0.1, -0.05) is 35.9 Å². The molecule has 0 saturated carbocycles. The number of amides is 2. The third-order valence-corrected chi connectivity index (χ3v) is 9.28. The molecule has 1 atom stereocenters. The van der Waals surface area contributed by atoms with E-state index in [0.717, 1.165) is 21.6 Å². The number of rotatable bonds is 7. The number of imide groups is 1. The van der Waals surface area contributed by atoms with E-state index >= 15 is 0 Å². The molecule has 3 aromatic carbocycles. The molecular weight excluding hydrogens is 516 g/mol. The van der Waals surface area contributed by atoms with Crippen LogP contribution < -0.4 is 9.64 Å². The van der Waals surface area contributed by atoms with Crippen molar-refractivity contribution in [2.24, 2.45) is 0 Å². The molecule has 0 aromatic heterocycles. The predicted molar refractivity (Wildman–Crippen MR) is 148 cm³/mol. The van der Waals surface area contributed by atoms with Crippen LogP contribution in [0.4, 0.5) is 5.69 Å². The molecule has 8 nitrogen and oxygen atoms in total. The Balaban J connectivity index is 1.79. The fourth-order valence-corrected chi connectivity index (χ4v) is 7.01. The number of esters is 1. The topological polar surface area (TPSA) is 101 Å². The van der Waals surface area contributed by atoms with Crippen LogP contribution in [0.1, 0.15) is 46.7 Å². The highest BCUT2D eigenvalue weighted by Crippen LogP contribution is 2.35. The molecule has 4 rings (SSSR count). The zero-order chi connectivity index (χ0) is 28.6. The van der Waals surface area contributed by atoms with Gasteiger partial charge >= 0.3 is 5.97 Å². The molecule has 0 radical (unpaired) electrons. The number of sulfonamides is 1. The first-order valence-electron chi connectivity index (χ1n) is 12.6. The maximum atomic E-state index is 14.4. The molecule has 2 amide bonds. The van der Waals surface area contributed by atoms with E-state index in [4.69, 9.17) is 4.74 Å². The zero-order valence-electron chi connectivity index (χ0n) is 22.9. The van der Waals surface area contributed by atoms with Crippen LogP contribution >= 0.6 is 0 Å². The molecule has 204 valence electrons. The van der Waals surface area contributed by atoms with E-state index in [1.54, 1.807) is 13.8 Å². The van der Waals surface area contributed by atoms with Gasteiger partial charge < -0.3 is 4.74 Å². The van der Waals surface area contributed by atoms with Crippen LogP contribution in [0, 0.1) is 34.6 Å². The van der Waals surface area contributed by atoms with Gasteiger partial charge in [0.05, 0.1) is 17.0 Å². The van der Waals surface area contributed by atoms with Crippen molar-refractivity contribution in [1.29, 1.82) is 0 Å². The van der Waals surface area contributed by atoms with Gasteiger partial charge in [-0.05, 0) is 86.7 Å². The summed E-state index contributed by atoms with van der Waals surface area (Å²) in [5.74, 6) is -1.37. The van der Waals surface area contributed by atoms with Gasteiger partial charge in [-0.15, -0.1) is 0 Å². The average Bonchev–Trinajstić information content (AvgIpc) is 3.15. The summed E-state index contributed by atoms with van der Waals surface area (Å²) in [5.41, 5.74) is 4.88. The molecule has 1 aliphatic rings. The van der Waals surface area contributed by atoms with Crippen molar-refractivity contribution in [2.45, 2.75) is 65.4 Å². The molecule has 0 bridgehead atoms. The number of benzene rings is 3. The first-order chi connectivity index (χ1) is 18.3. The summed E-state index contributed by atoms with van der Waals surface area (Å²) in [4.78, 5) is 39.3. The van der Waals surface area contributed by atoms with Gasteiger partial charge in [0.25, 0.3) is 5.91 Å². The van der Waals surface area contributed by atoms with Crippen molar-refractivity contribution in [3.63, 3.8) is 0 Å². The molecule has 1 unspecified atom stereocenters. The van der Waals surface area contributed by atoms with Crippen molar-refractivity contribution < 1.29 is 27.5 Å². The molecule has 3 aromatic rings. The number of hydrogen-bond donors (Lipinski definition) is 0. The number of anilines is 1. The van der Waals surface area contributed by atoms with E-state index in [2.05, 4.69) is 0 Å². The fourth-order valence-electron chi connectivity index (χ4n) is 4.86. The first-order valence-corrected chi connectivity index (χ1v) is 14.1. The maximum absolute atomic E-state index is 14.4. The number of hydrogen-bond acceptors (Lipinski definition) is 6. The minimum atomic E-state index is -4.21. The van der Waals surface area contributed by atoms with Crippen molar-refractivity contribution in [1.82, 2.24) is 4.31 Å². The number of ether oxygens (including phenoxy) is 1. The molecule has 1 aliphatic heterocycles. The van der Waals surface area contributed by atoms with Crippen molar-refractivity contribution in [3.8, 4) is 5.75 Å². The second kappa shape index (κ2) is 10.7. The van der Waals surface area contributed by atoms with E-state index < -0.39 is 33.8 Å². The molecule has 1 saturated heterocycles. The summed E-state index contributed by atoms with van der Waals surface area (Å²) in [7, 11) is -4.21. The lowest BCUT2D eigenvalue weighted by molar-refractivity contribution is -0.132. The Bertz CT molecular complexity index is 1530. The molecule has 0 N–H and O–H groups in total. The highest BCUT2D eigenvalue weighted by atomic mass is 32.2. The van der Waals surface area contributed by atoms with Crippen LogP contribution in [0.3, 0.4) is 0 Å². The number of aryl methyl sites for hydroxylation is 3. The second-order valence-electron chi connectivity index (χ2n) is 10.0. The van der Waals surface area contributed by atoms with Gasteiger partial charge in [-0.2, -0.15) is 4.31 Å². The van der Waals surface area contributed by atoms with E-state index in [-0.39, 0.29) is 29.3 Å². The van der Waals surface area contributed by atoms with Gasteiger partial charge in [0, 0.05) is 13.5 Å². The Morgan fingerprint density at radius 2 is 1.49 bits per heavy atom. The standard InChI is InChI=1S/C30H32N2O6S/c1-18-7-9-24(10-8-18)17-31(39(36,37)29-21(4)19(2)15-20(3)22(29)5)27-16-28(34)32(30(27)35)25-11-13-26(14-12-25)38-23(6)33/h7-15,27H,16-17H2,1-6H3. The summed E-state index contributed by atoms with van der Waals surface area (Å²) in [5, 5.41) is 0. The van der Waals surface area contributed by atoms with E-state index in [9.17, 15) is 22.8 Å². The van der Waals surface area contributed by atoms with E-state index in [0.29, 0.717) is 16.7 Å². The van der Waals surface area contributed by atoms with Gasteiger partial charge in [-0.25, -0.2) is 13.3 Å². The minimum absolute atomic E-state index is 0.0720. The highest BCUT2D eigenvalue weighted by molar-refractivity contribution is 7.89. The smallest absolute Gasteiger partial charge is 0.308 e. The first kappa shape index (κ1) is 28.2. The largest absolute Gasteiger partial charge is 0.427 e. The van der Waals surface area contributed by atoms with E-state index in [1.165, 1.54) is 35.5 Å². The summed E-state index contributed by atoms with van der Waals surface area (Å²) < 4.78 is 35.0. The maximum Gasteiger partial charge on any atom is 0.308 e. The van der Waals surface area contributed by atoms with Crippen molar-refractivity contribution in [2.75, 3.05) is 4.90 Å². The Morgan fingerprint density at radius 3 is 2.03 bits per heavy atom. The quantitative estimate of drug-likeness (QED) is 0.242. The minimum Gasteiger partial charge on any atom is -0.427 e. The van der Waals surface area contributed by atoms with Gasteiger partial charge in [0.15, 0.2) is 0 Å². The fraction of sp³-hybridized carbons (Fsp3) is 0.300. The molecule has 39 heavy (non-hydrogen) atoms. The monoisotopic (exact) mass is 548 g/mol.